The van der Waals surface area contributed by atoms with Gasteiger partial charge in [0, 0.05) is 12.1 Å². The lowest BCUT2D eigenvalue weighted by molar-refractivity contribution is 0.0777. The van der Waals surface area contributed by atoms with Crippen LogP contribution in [0.4, 0.5) is 5.13 Å². The molecule has 2 rings (SSSR count). The van der Waals surface area contributed by atoms with E-state index >= 15 is 0 Å². The zero-order valence-corrected chi connectivity index (χ0v) is 11.5. The highest BCUT2D eigenvalue weighted by Gasteiger charge is 2.15. The second-order valence-electron chi connectivity index (χ2n) is 4.17. The van der Waals surface area contributed by atoms with Crippen molar-refractivity contribution in [3.63, 3.8) is 0 Å². The number of nitrogen functional groups attached to an aromatic ring is 1. The molecule has 0 radical (unpaired) electrons. The Labute approximate surface area is 116 Å². The normalized spacial score (nSPS) is 10.3. The van der Waals surface area contributed by atoms with Crippen LogP contribution in [-0.2, 0) is 0 Å². The highest BCUT2D eigenvalue weighted by molar-refractivity contribution is 7.22. The lowest BCUT2D eigenvalue weighted by Crippen LogP contribution is -2.32. The predicted molar refractivity (Wildman–Crippen MR) is 79.1 cm³/mol. The summed E-state index contributed by atoms with van der Waals surface area (Å²) in [5, 5.41) is 0.508. The molecule has 2 N–H and O–H groups in total. The number of aromatic nitrogens is 1. The molecule has 19 heavy (non-hydrogen) atoms. The van der Waals surface area contributed by atoms with Gasteiger partial charge < -0.3 is 10.6 Å². The van der Waals surface area contributed by atoms with Gasteiger partial charge in [-0.25, -0.2) is 4.98 Å². The second-order valence-corrected chi connectivity index (χ2v) is 5.23. The first-order chi connectivity index (χ1) is 9.15. The number of thiazole rings is 1. The number of carbonyl (C=O) groups excluding carboxylic acids is 1. The molecule has 0 spiro atoms. The van der Waals surface area contributed by atoms with Crippen molar-refractivity contribution >= 4 is 32.6 Å². The maximum absolute atomic E-state index is 12.4. The number of hydrogen-bond donors (Lipinski definition) is 1. The SMILES string of the molecule is C#CCN(CCC)C(=O)c1ccc2nc(N)sc2c1. The van der Waals surface area contributed by atoms with Crippen molar-refractivity contribution in [2.24, 2.45) is 0 Å². The second kappa shape index (κ2) is 5.72. The van der Waals surface area contributed by atoms with Crippen LogP contribution in [0, 0.1) is 12.3 Å². The Bertz CT molecular complexity index is 642. The zero-order chi connectivity index (χ0) is 13.8. The van der Waals surface area contributed by atoms with E-state index in [1.807, 2.05) is 19.1 Å². The van der Waals surface area contributed by atoms with Crippen molar-refractivity contribution < 1.29 is 4.79 Å². The molecule has 2 aromatic rings. The number of anilines is 1. The molecule has 0 aliphatic carbocycles. The largest absolute Gasteiger partial charge is 0.375 e. The minimum atomic E-state index is -0.0475. The third kappa shape index (κ3) is 2.85. The fraction of sp³-hybridized carbons (Fsp3) is 0.286. The van der Waals surface area contributed by atoms with Crippen molar-refractivity contribution in [3.05, 3.63) is 23.8 Å². The molecule has 1 aromatic heterocycles. The van der Waals surface area contributed by atoms with Gasteiger partial charge in [0.05, 0.1) is 16.8 Å². The molecule has 5 heteroatoms. The van der Waals surface area contributed by atoms with Crippen molar-refractivity contribution in [1.29, 1.82) is 0 Å². The van der Waals surface area contributed by atoms with Gasteiger partial charge in [-0.2, -0.15) is 0 Å². The highest BCUT2D eigenvalue weighted by atomic mass is 32.1. The number of nitrogens with two attached hydrogens (primary N) is 1. The molecule has 98 valence electrons. The topological polar surface area (TPSA) is 59.2 Å². The van der Waals surface area contributed by atoms with E-state index in [4.69, 9.17) is 12.2 Å². The molecule has 0 unspecified atom stereocenters. The van der Waals surface area contributed by atoms with E-state index in [1.165, 1.54) is 11.3 Å². The van der Waals surface area contributed by atoms with E-state index in [1.54, 1.807) is 11.0 Å². The van der Waals surface area contributed by atoms with E-state index in [0.717, 1.165) is 16.6 Å². The number of fused-ring (bicyclic) bond motifs is 1. The predicted octanol–water partition coefficient (Wildman–Crippen LogP) is 2.36. The molecule has 0 saturated carbocycles. The maximum atomic E-state index is 12.4. The number of amides is 1. The average molecular weight is 273 g/mol. The Morgan fingerprint density at radius 3 is 3.05 bits per heavy atom. The van der Waals surface area contributed by atoms with Crippen LogP contribution in [0.2, 0.25) is 0 Å². The van der Waals surface area contributed by atoms with Crippen LogP contribution in [-0.4, -0.2) is 28.9 Å². The smallest absolute Gasteiger partial charge is 0.254 e. The summed E-state index contributed by atoms with van der Waals surface area (Å²) in [6, 6.07) is 5.41. The molecule has 1 heterocycles. The Hall–Kier alpha value is -2.06. The van der Waals surface area contributed by atoms with Crippen molar-refractivity contribution in [2.75, 3.05) is 18.8 Å². The summed E-state index contributed by atoms with van der Waals surface area (Å²) in [7, 11) is 0. The molecule has 0 saturated heterocycles. The average Bonchev–Trinajstić information content (AvgIpc) is 2.76. The van der Waals surface area contributed by atoms with Crippen LogP contribution in [0.15, 0.2) is 18.2 Å². The Morgan fingerprint density at radius 1 is 1.58 bits per heavy atom. The lowest BCUT2D eigenvalue weighted by atomic mass is 10.2. The first-order valence-electron chi connectivity index (χ1n) is 6.04. The number of rotatable bonds is 4. The Balaban J connectivity index is 2.31. The Kier molecular flexibility index (Phi) is 4.03. The number of carbonyl (C=O) groups is 1. The standard InChI is InChI=1S/C14H15N3OS/c1-3-7-17(8-4-2)13(18)10-5-6-11-12(9-10)19-14(15)16-11/h1,5-6,9H,4,7-8H2,2H3,(H2,15,16). The van der Waals surface area contributed by atoms with Crippen LogP contribution < -0.4 is 5.73 Å². The molecule has 0 bridgehead atoms. The molecule has 0 fully saturated rings. The summed E-state index contributed by atoms with van der Waals surface area (Å²) in [5.74, 6) is 2.47. The summed E-state index contributed by atoms with van der Waals surface area (Å²) < 4.78 is 0.917. The first kappa shape index (κ1) is 13.4. The fourth-order valence-corrected chi connectivity index (χ4v) is 2.66. The number of terminal acetylenes is 1. The summed E-state index contributed by atoms with van der Waals surface area (Å²) in [6.45, 7) is 3.01. The molecule has 1 aromatic carbocycles. The van der Waals surface area contributed by atoms with Crippen LogP contribution in [0.1, 0.15) is 23.7 Å². The van der Waals surface area contributed by atoms with E-state index in [0.29, 0.717) is 23.8 Å². The highest BCUT2D eigenvalue weighted by Crippen LogP contribution is 2.25. The molecular formula is C14H15N3OS. The molecule has 1 amide bonds. The lowest BCUT2D eigenvalue weighted by Gasteiger charge is -2.19. The molecule has 0 aliphatic rings. The number of hydrogen-bond acceptors (Lipinski definition) is 4. The Morgan fingerprint density at radius 2 is 2.37 bits per heavy atom. The van der Waals surface area contributed by atoms with Crippen molar-refractivity contribution in [2.45, 2.75) is 13.3 Å². The van der Waals surface area contributed by atoms with E-state index < -0.39 is 0 Å². The van der Waals surface area contributed by atoms with Gasteiger partial charge in [-0.05, 0) is 24.6 Å². The third-order valence-electron chi connectivity index (χ3n) is 2.71. The summed E-state index contributed by atoms with van der Waals surface area (Å²) >= 11 is 1.38. The van der Waals surface area contributed by atoms with Crippen LogP contribution in [0.25, 0.3) is 10.2 Å². The monoisotopic (exact) mass is 273 g/mol. The number of nitrogens with zero attached hydrogens (tertiary/aromatic N) is 2. The van der Waals surface area contributed by atoms with Crippen molar-refractivity contribution in [1.82, 2.24) is 9.88 Å². The van der Waals surface area contributed by atoms with Gasteiger partial charge in [0.1, 0.15) is 0 Å². The summed E-state index contributed by atoms with van der Waals surface area (Å²) in [4.78, 5) is 18.2. The van der Waals surface area contributed by atoms with E-state index in [9.17, 15) is 4.79 Å². The van der Waals surface area contributed by atoms with Gasteiger partial charge in [0.2, 0.25) is 0 Å². The van der Waals surface area contributed by atoms with Crippen LogP contribution in [0.3, 0.4) is 0 Å². The molecule has 0 aliphatic heterocycles. The number of benzene rings is 1. The summed E-state index contributed by atoms with van der Waals surface area (Å²) in [6.07, 6.45) is 6.18. The van der Waals surface area contributed by atoms with Gasteiger partial charge in [-0.15, -0.1) is 6.42 Å². The van der Waals surface area contributed by atoms with Gasteiger partial charge in [-0.3, -0.25) is 4.79 Å². The molecule has 4 nitrogen and oxygen atoms in total. The van der Waals surface area contributed by atoms with Crippen LogP contribution in [0.5, 0.6) is 0 Å². The van der Waals surface area contributed by atoms with E-state index in [2.05, 4.69) is 10.9 Å². The first-order valence-corrected chi connectivity index (χ1v) is 6.86. The minimum Gasteiger partial charge on any atom is -0.375 e. The van der Waals surface area contributed by atoms with Gasteiger partial charge >= 0.3 is 0 Å². The fourth-order valence-electron chi connectivity index (χ4n) is 1.89. The van der Waals surface area contributed by atoms with Crippen molar-refractivity contribution in [3.8, 4) is 12.3 Å². The van der Waals surface area contributed by atoms with Gasteiger partial charge in [0.15, 0.2) is 5.13 Å². The van der Waals surface area contributed by atoms with Gasteiger partial charge in [-0.1, -0.05) is 24.2 Å². The van der Waals surface area contributed by atoms with Gasteiger partial charge in [0.25, 0.3) is 5.91 Å². The molecular weight excluding hydrogens is 258 g/mol. The maximum Gasteiger partial charge on any atom is 0.254 e. The molecule has 0 atom stereocenters. The quantitative estimate of drug-likeness (QED) is 0.870. The summed E-state index contributed by atoms with van der Waals surface area (Å²) in [5.41, 5.74) is 7.10. The zero-order valence-electron chi connectivity index (χ0n) is 10.7. The third-order valence-corrected chi connectivity index (χ3v) is 3.56. The van der Waals surface area contributed by atoms with E-state index in [-0.39, 0.29) is 5.91 Å². The van der Waals surface area contributed by atoms with Crippen LogP contribution >= 0.6 is 11.3 Å². The minimum absolute atomic E-state index is 0.0475.